The molecule has 2 N–H and O–H groups in total. The number of ether oxygens (including phenoxy) is 1. The average molecular weight is 474 g/mol. The predicted octanol–water partition coefficient (Wildman–Crippen LogP) is 4.31. The van der Waals surface area contributed by atoms with Crippen LogP contribution in [0.3, 0.4) is 0 Å². The van der Waals surface area contributed by atoms with Gasteiger partial charge in [-0.3, -0.25) is 14.8 Å². The van der Waals surface area contributed by atoms with Crippen LogP contribution < -0.4 is 5.43 Å². The van der Waals surface area contributed by atoms with E-state index < -0.39 is 18.4 Å². The average Bonchev–Trinajstić information content (AvgIpc) is 3.12. The first-order valence-corrected chi connectivity index (χ1v) is 12.2. The van der Waals surface area contributed by atoms with Gasteiger partial charge < -0.3 is 9.84 Å². The molecule has 3 aliphatic rings. The molecule has 1 aliphatic carbocycles. The molecule has 2 heterocycles. The predicted molar refractivity (Wildman–Crippen MR) is 134 cm³/mol. The van der Waals surface area contributed by atoms with Crippen LogP contribution in [-0.4, -0.2) is 46.8 Å². The molecule has 2 aromatic rings. The fraction of sp³-hybridized carbons (Fsp3) is 0.407. The van der Waals surface area contributed by atoms with Gasteiger partial charge in [-0.2, -0.15) is 10.2 Å². The molecule has 8 heteroatoms. The molecule has 2 aliphatic heterocycles. The maximum Gasteiger partial charge on any atom is 0.309 e. The molecule has 0 aromatic heterocycles. The molecule has 8 nitrogen and oxygen atoms in total. The van der Waals surface area contributed by atoms with E-state index in [9.17, 15) is 9.90 Å². The summed E-state index contributed by atoms with van der Waals surface area (Å²) in [4.78, 5) is 17.5. The van der Waals surface area contributed by atoms with Crippen LogP contribution in [0.25, 0.3) is 5.70 Å². The number of nitrogens with zero attached hydrogens (tertiary/aromatic N) is 4. The van der Waals surface area contributed by atoms with Gasteiger partial charge >= 0.3 is 5.97 Å². The Balaban J connectivity index is 1.52. The lowest BCUT2D eigenvalue weighted by Gasteiger charge is -2.39. The fourth-order valence-corrected chi connectivity index (χ4v) is 5.00. The Morgan fingerprint density at radius 3 is 2.69 bits per heavy atom. The molecule has 0 spiro atoms. The van der Waals surface area contributed by atoms with Gasteiger partial charge in [-0.15, -0.1) is 0 Å². The Bertz CT molecular complexity index is 1190. The molecule has 5 unspecified atom stereocenters. The number of fused-ring (bicyclic) bond motifs is 1. The number of esters is 1. The normalized spacial score (nSPS) is 27.8. The molecule has 2 fully saturated rings. The molecule has 0 amide bonds. The van der Waals surface area contributed by atoms with E-state index in [4.69, 9.17) is 9.73 Å². The highest BCUT2D eigenvalue weighted by Crippen LogP contribution is 2.41. The van der Waals surface area contributed by atoms with Crippen molar-refractivity contribution in [3.63, 3.8) is 0 Å². The second-order valence-electron chi connectivity index (χ2n) is 9.34. The molecular formula is C27H31N5O3. The molecule has 182 valence electrons. The molecule has 5 atom stereocenters. The number of carbonyl (C=O) groups excluding carboxylic acids is 1. The number of nitrogens with one attached hydrogen (secondary N) is 1. The van der Waals surface area contributed by atoms with Crippen LogP contribution >= 0.6 is 0 Å². The summed E-state index contributed by atoms with van der Waals surface area (Å²) in [5.74, 6) is -0.373. The second kappa shape index (κ2) is 9.71. The van der Waals surface area contributed by atoms with Crippen LogP contribution in [0, 0.1) is 25.7 Å². The molecule has 0 radical (unpaired) electrons. The van der Waals surface area contributed by atoms with Gasteiger partial charge in [-0.1, -0.05) is 42.0 Å². The fourth-order valence-electron chi connectivity index (χ4n) is 5.00. The van der Waals surface area contributed by atoms with Crippen LogP contribution in [0.4, 0.5) is 5.69 Å². The van der Waals surface area contributed by atoms with Gasteiger partial charge in [0.1, 0.15) is 6.23 Å². The van der Waals surface area contributed by atoms with Crippen molar-refractivity contribution in [3.8, 4) is 0 Å². The molecule has 35 heavy (non-hydrogen) atoms. The first-order valence-electron chi connectivity index (χ1n) is 12.2. The van der Waals surface area contributed by atoms with Gasteiger partial charge in [0, 0.05) is 17.2 Å². The van der Waals surface area contributed by atoms with Gasteiger partial charge in [0.25, 0.3) is 0 Å². The van der Waals surface area contributed by atoms with Crippen molar-refractivity contribution in [1.82, 2.24) is 10.4 Å². The van der Waals surface area contributed by atoms with Crippen molar-refractivity contribution in [2.45, 2.75) is 52.0 Å². The number of benzene rings is 2. The summed E-state index contributed by atoms with van der Waals surface area (Å²) < 4.78 is 5.31. The van der Waals surface area contributed by atoms with Crippen molar-refractivity contribution in [2.24, 2.45) is 27.1 Å². The molecule has 5 rings (SSSR count). The summed E-state index contributed by atoms with van der Waals surface area (Å²) in [5, 5.41) is 21.6. The number of azo groups is 1. The van der Waals surface area contributed by atoms with Crippen molar-refractivity contribution < 1.29 is 14.6 Å². The smallest absolute Gasteiger partial charge is 0.309 e. The third-order valence-corrected chi connectivity index (χ3v) is 6.95. The highest BCUT2D eigenvalue weighted by atomic mass is 16.5. The Morgan fingerprint density at radius 2 is 2.00 bits per heavy atom. The largest absolute Gasteiger partial charge is 0.466 e. The van der Waals surface area contributed by atoms with E-state index in [2.05, 4.69) is 47.7 Å². The topological polar surface area (TPSA) is 98.9 Å². The van der Waals surface area contributed by atoms with E-state index in [0.717, 1.165) is 35.4 Å². The first-order chi connectivity index (χ1) is 17.0. The maximum absolute atomic E-state index is 12.5. The van der Waals surface area contributed by atoms with E-state index in [-0.39, 0.29) is 17.8 Å². The number of hydrogen-bond acceptors (Lipinski definition) is 8. The highest BCUT2D eigenvalue weighted by molar-refractivity contribution is 6.05. The number of carbonyl (C=O) groups is 1. The van der Waals surface area contributed by atoms with Crippen molar-refractivity contribution in [3.05, 3.63) is 71.3 Å². The standard InChI is InChI=1S/C27H31N5O3/c1-4-35-27(34)21-13-12-20(21)22-15-23(19-11-10-16(2)14-17(19)3)32-25(28-22)24(26(33)31-32)30-29-18-8-6-5-7-9-18/h5-11,14-15,20-21,24-26,31,33H,4,12-13H2,1-3H3. The minimum atomic E-state index is -0.952. The van der Waals surface area contributed by atoms with Crippen molar-refractivity contribution in [2.75, 3.05) is 6.61 Å². The number of allylic oxidation sites excluding steroid dienone is 1. The lowest BCUT2D eigenvalue weighted by molar-refractivity contribution is -0.152. The minimum Gasteiger partial charge on any atom is -0.466 e. The van der Waals surface area contributed by atoms with Crippen LogP contribution in [0.1, 0.15) is 36.5 Å². The summed E-state index contributed by atoms with van der Waals surface area (Å²) in [7, 11) is 0. The van der Waals surface area contributed by atoms with Gasteiger partial charge in [0.2, 0.25) is 0 Å². The van der Waals surface area contributed by atoms with E-state index in [1.54, 1.807) is 0 Å². The zero-order chi connectivity index (χ0) is 24.5. The first kappa shape index (κ1) is 23.4. The molecular weight excluding hydrogens is 442 g/mol. The van der Waals surface area contributed by atoms with E-state index in [1.807, 2.05) is 48.3 Å². The quantitative estimate of drug-likeness (QED) is 0.481. The van der Waals surface area contributed by atoms with Crippen LogP contribution in [0.5, 0.6) is 0 Å². The van der Waals surface area contributed by atoms with Gasteiger partial charge in [-0.25, -0.2) is 5.43 Å². The van der Waals surface area contributed by atoms with Gasteiger partial charge in [-0.05, 0) is 57.4 Å². The SMILES string of the molecule is CCOC(=O)C1CCC1C1=NC2C(N=Nc3ccccc3)C(O)NN2C(c2ccc(C)cc2C)=C1. The Hall–Kier alpha value is -3.36. The second-order valence-corrected chi connectivity index (χ2v) is 9.34. The number of aryl methyl sites for hydroxylation is 2. The molecule has 0 bridgehead atoms. The Kier molecular flexibility index (Phi) is 6.49. The van der Waals surface area contributed by atoms with Crippen molar-refractivity contribution in [1.29, 1.82) is 0 Å². The monoisotopic (exact) mass is 473 g/mol. The summed E-state index contributed by atoms with van der Waals surface area (Å²) in [6.45, 7) is 6.34. The summed E-state index contributed by atoms with van der Waals surface area (Å²) in [6, 6.07) is 15.1. The number of hydrogen-bond donors (Lipinski definition) is 2. The Labute approximate surface area is 205 Å². The lowest BCUT2D eigenvalue weighted by atomic mass is 9.70. The third kappa shape index (κ3) is 4.51. The van der Waals surface area contributed by atoms with Crippen LogP contribution in [0.2, 0.25) is 0 Å². The zero-order valence-electron chi connectivity index (χ0n) is 20.3. The molecule has 1 saturated heterocycles. The van der Waals surface area contributed by atoms with Gasteiger partial charge in [0.05, 0.1) is 23.9 Å². The van der Waals surface area contributed by atoms with Crippen LogP contribution in [0.15, 0.2) is 69.8 Å². The minimum absolute atomic E-state index is 0.0126. The Morgan fingerprint density at radius 1 is 1.20 bits per heavy atom. The number of aliphatic hydroxyl groups is 1. The van der Waals surface area contributed by atoms with E-state index in [1.165, 1.54) is 5.56 Å². The molecule has 1 saturated carbocycles. The maximum atomic E-state index is 12.5. The van der Waals surface area contributed by atoms with E-state index >= 15 is 0 Å². The molecule has 2 aromatic carbocycles. The number of aliphatic imine (C=N–C) groups is 1. The summed E-state index contributed by atoms with van der Waals surface area (Å²) >= 11 is 0. The number of hydrazine groups is 1. The number of rotatable bonds is 6. The van der Waals surface area contributed by atoms with Crippen LogP contribution in [-0.2, 0) is 9.53 Å². The van der Waals surface area contributed by atoms with E-state index in [0.29, 0.717) is 12.3 Å². The number of aliphatic hydroxyl groups excluding tert-OH is 1. The third-order valence-electron chi connectivity index (χ3n) is 6.95. The lowest BCUT2D eigenvalue weighted by Crippen LogP contribution is -2.45. The zero-order valence-corrected chi connectivity index (χ0v) is 20.3. The summed E-state index contributed by atoms with van der Waals surface area (Å²) in [5.41, 5.74) is 8.96. The van der Waals surface area contributed by atoms with Gasteiger partial charge in [0.15, 0.2) is 12.2 Å². The van der Waals surface area contributed by atoms with Crippen molar-refractivity contribution >= 4 is 23.1 Å². The summed E-state index contributed by atoms with van der Waals surface area (Å²) in [6.07, 6.45) is 2.27. The highest BCUT2D eigenvalue weighted by Gasteiger charge is 2.48.